The second-order valence-electron chi connectivity index (χ2n) is 4.90. The van der Waals surface area contributed by atoms with Crippen LogP contribution < -0.4 is 5.43 Å². The third kappa shape index (κ3) is 5.97. The zero-order valence-electron chi connectivity index (χ0n) is 14.9. The third-order valence-corrected chi connectivity index (χ3v) is 3.42. The summed E-state index contributed by atoms with van der Waals surface area (Å²) in [7, 11) is 0. The van der Waals surface area contributed by atoms with E-state index in [4.69, 9.17) is 0 Å². The number of hydrogen-bond donors (Lipinski definition) is 1. The van der Waals surface area contributed by atoms with E-state index in [0.29, 0.717) is 12.8 Å². The minimum atomic E-state index is 0. The topological polar surface area (TPSA) is 41.5 Å². The first kappa shape index (κ1) is 22.2. The number of ketones is 1. The minimum absolute atomic E-state index is 0. The molecular formula is C19H27N2OY-. The summed E-state index contributed by atoms with van der Waals surface area (Å²) in [6.07, 6.45) is 2.09. The number of carbonyl (C=O) groups excluding carboxylic acids is 1. The first-order valence-corrected chi connectivity index (χ1v) is 8.18. The summed E-state index contributed by atoms with van der Waals surface area (Å²) in [6.45, 7) is 10.0. The number of nitrogens with zero attached hydrogens (tertiary/aromatic N) is 1. The molecule has 1 aromatic rings. The van der Waals surface area contributed by atoms with Gasteiger partial charge in [-0.05, 0) is 5.56 Å². The largest absolute Gasteiger partial charge is 0.304 e. The van der Waals surface area contributed by atoms with Gasteiger partial charge in [0.25, 0.3) is 0 Å². The quantitative estimate of drug-likeness (QED) is 0.712. The molecule has 2 aliphatic rings. The van der Waals surface area contributed by atoms with Crippen molar-refractivity contribution in [3.8, 4) is 0 Å². The number of hydrogen-bond acceptors (Lipinski definition) is 3. The van der Waals surface area contributed by atoms with E-state index in [9.17, 15) is 4.79 Å². The molecule has 0 spiro atoms. The number of allylic oxidation sites excluding steroid dienone is 2. The number of carbonyl (C=O) groups is 1. The Hall–Kier alpha value is -0.796. The van der Waals surface area contributed by atoms with Crippen LogP contribution in [0.3, 0.4) is 0 Å². The molecule has 123 valence electrons. The molecular weight excluding hydrogens is 361 g/mol. The molecule has 3 rings (SSSR count). The van der Waals surface area contributed by atoms with E-state index in [-0.39, 0.29) is 38.5 Å². The van der Waals surface area contributed by atoms with Gasteiger partial charge in [-0.2, -0.15) is 12.0 Å². The molecule has 4 heteroatoms. The van der Waals surface area contributed by atoms with Gasteiger partial charge in [-0.25, -0.2) is 0 Å². The van der Waals surface area contributed by atoms with Crippen molar-refractivity contribution in [2.24, 2.45) is 5.10 Å². The van der Waals surface area contributed by atoms with Crippen LogP contribution in [0.4, 0.5) is 0 Å². The van der Waals surface area contributed by atoms with Crippen LogP contribution in [0.5, 0.6) is 0 Å². The maximum absolute atomic E-state index is 12.0. The zero-order chi connectivity index (χ0) is 16.5. The average Bonchev–Trinajstić information content (AvgIpc) is 2.59. The fraction of sp³-hybridized carbons (Fsp3) is 0.421. The Bertz CT molecular complexity index is 550. The molecule has 1 aliphatic carbocycles. The Kier molecular flexibility index (Phi) is 11.3. The van der Waals surface area contributed by atoms with Crippen molar-refractivity contribution in [1.29, 1.82) is 0 Å². The molecule has 0 bridgehead atoms. The number of hydrazone groups is 1. The van der Waals surface area contributed by atoms with Gasteiger partial charge in [-0.15, -0.1) is 12.8 Å². The first-order chi connectivity index (χ1) is 10.7. The molecule has 0 amide bonds. The normalized spacial score (nSPS) is 16.4. The van der Waals surface area contributed by atoms with Crippen molar-refractivity contribution in [2.75, 3.05) is 0 Å². The van der Waals surface area contributed by atoms with Crippen molar-refractivity contribution in [2.45, 2.75) is 53.9 Å². The van der Waals surface area contributed by atoms with Gasteiger partial charge in [-0.1, -0.05) is 58.0 Å². The van der Waals surface area contributed by atoms with Crippen molar-refractivity contribution >= 4 is 11.5 Å². The molecule has 1 radical (unpaired) electrons. The van der Waals surface area contributed by atoms with E-state index in [1.54, 1.807) is 0 Å². The monoisotopic (exact) mass is 388 g/mol. The van der Waals surface area contributed by atoms with E-state index < -0.39 is 0 Å². The van der Waals surface area contributed by atoms with Gasteiger partial charge in [0.2, 0.25) is 0 Å². The standard InChI is InChI=1S/C15H15N2O.2C2H6.Y/c1-10-7-14-12(15(18)8-10)9-13(16-17-14)11-5-3-2-4-6-11;2*1-2;/h2-6,17H,7-9H2,1H3;2*1-2H3;/q-1;;;. The Balaban J connectivity index is 0.000000901. The van der Waals surface area contributed by atoms with Crippen LogP contribution >= 0.6 is 0 Å². The number of rotatable bonds is 1. The Labute approximate surface area is 165 Å². The van der Waals surface area contributed by atoms with Gasteiger partial charge >= 0.3 is 0 Å². The maximum Gasteiger partial charge on any atom is 0.131 e. The molecule has 1 aromatic carbocycles. The van der Waals surface area contributed by atoms with Gasteiger partial charge in [-0.3, -0.25) is 10.2 Å². The number of nitrogens with one attached hydrogen (secondary N) is 1. The number of Topliss-reactive ketones (excluding diaryl/α,β-unsaturated/α-hetero) is 1. The van der Waals surface area contributed by atoms with E-state index in [1.165, 1.54) is 5.92 Å². The first-order valence-electron chi connectivity index (χ1n) is 8.18. The zero-order valence-corrected chi connectivity index (χ0v) is 17.8. The van der Waals surface area contributed by atoms with Gasteiger partial charge in [0.15, 0.2) is 0 Å². The van der Waals surface area contributed by atoms with Gasteiger partial charge in [0.1, 0.15) is 5.78 Å². The molecule has 1 heterocycles. The molecule has 0 fully saturated rings. The predicted molar refractivity (Wildman–Crippen MR) is 93.6 cm³/mol. The summed E-state index contributed by atoms with van der Waals surface area (Å²) in [5.74, 6) is 1.45. The Morgan fingerprint density at radius 2 is 1.65 bits per heavy atom. The molecule has 0 unspecified atom stereocenters. The molecule has 1 aliphatic heterocycles. The van der Waals surface area contributed by atoms with Crippen molar-refractivity contribution in [1.82, 2.24) is 5.43 Å². The molecule has 0 aromatic heterocycles. The van der Waals surface area contributed by atoms with E-state index in [2.05, 4.69) is 10.5 Å². The van der Waals surface area contributed by atoms with E-state index >= 15 is 0 Å². The summed E-state index contributed by atoms with van der Waals surface area (Å²) in [5, 5.41) is 4.40. The molecule has 23 heavy (non-hydrogen) atoms. The Morgan fingerprint density at radius 1 is 1.04 bits per heavy atom. The predicted octanol–water partition coefficient (Wildman–Crippen LogP) is 4.65. The van der Waals surface area contributed by atoms with Crippen LogP contribution in [0.1, 0.15) is 59.4 Å². The SMILES string of the molecule is CC.CC.C[C-]1CC(=O)C2=C(C1)NN=C(c1ccccc1)C2.[Y]. The van der Waals surface area contributed by atoms with E-state index in [0.717, 1.165) is 29.0 Å². The van der Waals surface area contributed by atoms with Gasteiger partial charge in [0.05, 0.1) is 5.71 Å². The molecule has 0 atom stereocenters. The second-order valence-corrected chi connectivity index (χ2v) is 4.90. The minimum Gasteiger partial charge on any atom is -0.304 e. The number of benzene rings is 1. The fourth-order valence-corrected chi connectivity index (χ4v) is 2.47. The van der Waals surface area contributed by atoms with Gasteiger partial charge < -0.3 is 5.92 Å². The summed E-state index contributed by atoms with van der Waals surface area (Å²) >= 11 is 0. The van der Waals surface area contributed by atoms with Crippen LogP contribution in [0.15, 0.2) is 46.7 Å². The summed E-state index contributed by atoms with van der Waals surface area (Å²) in [5.41, 5.74) is 6.98. The molecule has 1 N–H and O–H groups in total. The van der Waals surface area contributed by atoms with Crippen molar-refractivity contribution in [3.63, 3.8) is 0 Å². The molecule has 3 nitrogen and oxygen atoms in total. The maximum atomic E-state index is 12.0. The third-order valence-electron chi connectivity index (χ3n) is 3.42. The van der Waals surface area contributed by atoms with E-state index in [1.807, 2.05) is 65.0 Å². The smallest absolute Gasteiger partial charge is 0.131 e. The Morgan fingerprint density at radius 3 is 2.26 bits per heavy atom. The summed E-state index contributed by atoms with van der Waals surface area (Å²) in [6, 6.07) is 10.0. The summed E-state index contributed by atoms with van der Waals surface area (Å²) < 4.78 is 0. The molecule has 0 saturated carbocycles. The molecule has 0 saturated heterocycles. The van der Waals surface area contributed by atoms with Crippen molar-refractivity contribution in [3.05, 3.63) is 53.1 Å². The van der Waals surface area contributed by atoms with Crippen LogP contribution in [0.25, 0.3) is 0 Å². The van der Waals surface area contributed by atoms with Crippen LogP contribution in [-0.4, -0.2) is 11.5 Å². The van der Waals surface area contributed by atoms with Crippen molar-refractivity contribution < 1.29 is 37.5 Å². The van der Waals surface area contributed by atoms with Gasteiger partial charge in [0, 0.05) is 50.4 Å². The second kappa shape index (κ2) is 11.7. The van der Waals surface area contributed by atoms with Crippen LogP contribution in [-0.2, 0) is 37.5 Å². The average molecular weight is 388 g/mol. The van der Waals surface area contributed by atoms with Crippen LogP contribution in [0.2, 0.25) is 0 Å². The van der Waals surface area contributed by atoms with Crippen LogP contribution in [0, 0.1) is 5.92 Å². The summed E-state index contributed by atoms with van der Waals surface area (Å²) in [4.78, 5) is 12.0. The fourth-order valence-electron chi connectivity index (χ4n) is 2.47.